The number of amides is 2. The van der Waals surface area contributed by atoms with Crippen LogP contribution in [0.15, 0.2) is 36.5 Å². The minimum absolute atomic E-state index is 0.0456. The first-order valence-corrected chi connectivity index (χ1v) is 12.1. The minimum Gasteiger partial charge on any atom is -0.351 e. The Hall–Kier alpha value is -2.56. The number of sulfonamides is 1. The van der Waals surface area contributed by atoms with Crippen molar-refractivity contribution in [2.24, 2.45) is 5.73 Å². The summed E-state index contributed by atoms with van der Waals surface area (Å²) in [6.07, 6.45) is 1.47. The van der Waals surface area contributed by atoms with E-state index in [-0.39, 0.29) is 18.0 Å². The van der Waals surface area contributed by atoms with Gasteiger partial charge in [-0.15, -0.1) is 0 Å². The van der Waals surface area contributed by atoms with E-state index >= 15 is 4.39 Å². The molecule has 0 aliphatic carbocycles. The van der Waals surface area contributed by atoms with E-state index in [9.17, 15) is 13.2 Å². The van der Waals surface area contributed by atoms with E-state index in [0.29, 0.717) is 30.9 Å². The van der Waals surface area contributed by atoms with Gasteiger partial charge in [0.15, 0.2) is 5.82 Å². The molecule has 174 valence electrons. The van der Waals surface area contributed by atoms with Gasteiger partial charge in [0.25, 0.3) is 0 Å². The molecule has 0 atom stereocenters. The maximum absolute atomic E-state index is 15.5. The number of hydrogen-bond donors (Lipinski definition) is 1. The van der Waals surface area contributed by atoms with E-state index in [1.165, 1.54) is 16.6 Å². The molecule has 2 aromatic rings. The van der Waals surface area contributed by atoms with E-state index < -0.39 is 27.4 Å². The van der Waals surface area contributed by atoms with E-state index in [1.807, 2.05) is 25.7 Å². The fourth-order valence-corrected chi connectivity index (χ4v) is 5.61. The van der Waals surface area contributed by atoms with Gasteiger partial charge >= 0.3 is 6.03 Å². The van der Waals surface area contributed by atoms with Crippen LogP contribution >= 0.6 is 0 Å². The quantitative estimate of drug-likeness (QED) is 0.710. The van der Waals surface area contributed by atoms with Gasteiger partial charge in [-0.3, -0.25) is 14.8 Å². The highest BCUT2D eigenvalue weighted by Crippen LogP contribution is 2.31. The molecule has 1 aliphatic rings. The number of aromatic nitrogens is 1. The monoisotopic (exact) mass is 463 g/mol. The van der Waals surface area contributed by atoms with Crippen molar-refractivity contribution in [3.63, 3.8) is 0 Å². The molecular weight excluding hydrogens is 433 g/mol. The highest BCUT2D eigenvalue weighted by molar-refractivity contribution is 7.89. The fourth-order valence-electron chi connectivity index (χ4n) is 4.13. The summed E-state index contributed by atoms with van der Waals surface area (Å²) in [5.41, 5.74) is 6.53. The van der Waals surface area contributed by atoms with Crippen molar-refractivity contribution in [2.45, 2.75) is 39.8 Å². The number of halogens is 1. The molecule has 1 aliphatic heterocycles. The summed E-state index contributed by atoms with van der Waals surface area (Å²) in [6.45, 7) is 8.75. The minimum atomic E-state index is -3.33. The van der Waals surface area contributed by atoms with E-state index in [1.54, 1.807) is 31.2 Å². The number of nitrogens with two attached hydrogens (primary N) is 1. The Balaban J connectivity index is 1.86. The molecule has 32 heavy (non-hydrogen) atoms. The largest absolute Gasteiger partial charge is 0.351 e. The zero-order chi connectivity index (χ0) is 23.7. The summed E-state index contributed by atoms with van der Waals surface area (Å²) in [6, 6.07) is 7.40. The maximum Gasteiger partial charge on any atom is 0.324 e. The molecule has 0 bridgehead atoms. The number of carbonyl (C=O) groups excluding carboxylic acids is 1. The molecular formula is C22H30FN5O3S. The van der Waals surface area contributed by atoms with Gasteiger partial charge in [-0.1, -0.05) is 12.1 Å². The summed E-state index contributed by atoms with van der Waals surface area (Å²) in [4.78, 5) is 19.5. The van der Waals surface area contributed by atoms with Crippen molar-refractivity contribution in [3.05, 3.63) is 53.6 Å². The lowest BCUT2D eigenvalue weighted by Crippen LogP contribution is -2.60. The molecule has 0 spiro atoms. The Morgan fingerprint density at radius 2 is 1.97 bits per heavy atom. The van der Waals surface area contributed by atoms with Crippen LogP contribution in [0.25, 0.3) is 0 Å². The molecule has 8 nitrogen and oxygen atoms in total. The van der Waals surface area contributed by atoms with Gasteiger partial charge in [-0.05, 0) is 45.9 Å². The average molecular weight is 464 g/mol. The number of benzene rings is 1. The summed E-state index contributed by atoms with van der Waals surface area (Å²) in [7, 11) is -3.33. The smallest absolute Gasteiger partial charge is 0.324 e. The second kappa shape index (κ2) is 9.13. The molecule has 2 amide bonds. The highest BCUT2D eigenvalue weighted by Gasteiger charge is 2.40. The van der Waals surface area contributed by atoms with E-state index in [2.05, 4.69) is 4.98 Å². The van der Waals surface area contributed by atoms with Crippen molar-refractivity contribution >= 4 is 27.4 Å². The van der Waals surface area contributed by atoms with Crippen molar-refractivity contribution < 1.29 is 17.6 Å². The molecule has 2 N–H and O–H groups in total. The highest BCUT2D eigenvalue weighted by atomic mass is 32.2. The van der Waals surface area contributed by atoms with Crippen LogP contribution in [0.5, 0.6) is 0 Å². The number of piperazine rings is 1. The van der Waals surface area contributed by atoms with Crippen LogP contribution in [-0.4, -0.2) is 59.6 Å². The van der Waals surface area contributed by atoms with Crippen molar-refractivity contribution in [2.75, 3.05) is 30.3 Å². The topological polar surface area (TPSA) is 99.8 Å². The number of pyridine rings is 1. The van der Waals surface area contributed by atoms with Gasteiger partial charge < -0.3 is 5.73 Å². The van der Waals surface area contributed by atoms with Crippen molar-refractivity contribution in [3.8, 4) is 0 Å². The molecule has 3 rings (SSSR count). The number of carbonyl (C=O) groups is 1. The molecule has 2 heterocycles. The van der Waals surface area contributed by atoms with E-state index in [4.69, 9.17) is 5.73 Å². The van der Waals surface area contributed by atoms with Crippen LogP contribution < -0.4 is 10.6 Å². The molecule has 10 heteroatoms. The van der Waals surface area contributed by atoms with Crippen LogP contribution in [-0.2, 0) is 16.6 Å². The molecule has 1 aromatic carbocycles. The SMILES string of the molecule is CCS(=O)(=O)N1CCN(Cc2cccc(N(C(N)=O)c3ccc(C)nc3)c2F)CC1(C)C. The lowest BCUT2D eigenvalue weighted by Gasteiger charge is -2.46. The van der Waals surface area contributed by atoms with Crippen LogP contribution in [0.1, 0.15) is 32.0 Å². The van der Waals surface area contributed by atoms with Crippen LogP contribution in [0, 0.1) is 12.7 Å². The Morgan fingerprint density at radius 3 is 2.53 bits per heavy atom. The van der Waals surface area contributed by atoms with Gasteiger partial charge in [-0.2, -0.15) is 4.31 Å². The average Bonchev–Trinajstić information content (AvgIpc) is 2.71. The van der Waals surface area contributed by atoms with Gasteiger partial charge in [0, 0.05) is 43.0 Å². The van der Waals surface area contributed by atoms with Gasteiger partial charge in [0.1, 0.15) is 0 Å². The summed E-state index contributed by atoms with van der Waals surface area (Å²) < 4.78 is 41.9. The third kappa shape index (κ3) is 4.92. The second-order valence-corrected chi connectivity index (χ2v) is 10.8. The first-order chi connectivity index (χ1) is 15.0. The predicted molar refractivity (Wildman–Crippen MR) is 123 cm³/mol. The molecule has 0 unspecified atom stereocenters. The lowest BCUT2D eigenvalue weighted by molar-refractivity contribution is 0.0759. The number of hydrogen-bond acceptors (Lipinski definition) is 5. The fraction of sp³-hybridized carbons (Fsp3) is 0.455. The summed E-state index contributed by atoms with van der Waals surface area (Å²) in [5, 5.41) is 0. The number of anilines is 2. The third-order valence-electron chi connectivity index (χ3n) is 5.67. The number of urea groups is 1. The summed E-state index contributed by atoms with van der Waals surface area (Å²) in [5.74, 6) is -0.502. The van der Waals surface area contributed by atoms with Crippen LogP contribution in [0.2, 0.25) is 0 Å². The molecule has 1 aromatic heterocycles. The normalized spacial score (nSPS) is 17.3. The molecule has 0 saturated carbocycles. The Bertz CT molecular complexity index is 1090. The predicted octanol–water partition coefficient (Wildman–Crippen LogP) is 2.99. The van der Waals surface area contributed by atoms with Gasteiger partial charge in [0.05, 0.1) is 23.3 Å². The van der Waals surface area contributed by atoms with Crippen molar-refractivity contribution in [1.82, 2.24) is 14.2 Å². The number of aryl methyl sites for hydroxylation is 1. The van der Waals surface area contributed by atoms with Crippen LogP contribution in [0.4, 0.5) is 20.6 Å². The second-order valence-electron chi connectivity index (χ2n) is 8.58. The Morgan fingerprint density at radius 1 is 1.25 bits per heavy atom. The number of rotatable bonds is 6. The lowest BCUT2D eigenvalue weighted by atomic mass is 10.0. The molecule has 1 fully saturated rings. The number of primary amides is 1. The maximum atomic E-state index is 15.5. The first kappa shape index (κ1) is 24.1. The first-order valence-electron chi connectivity index (χ1n) is 10.5. The number of nitrogens with zero attached hydrogens (tertiary/aromatic N) is 4. The van der Waals surface area contributed by atoms with Crippen molar-refractivity contribution in [1.29, 1.82) is 0 Å². The van der Waals surface area contributed by atoms with E-state index in [0.717, 1.165) is 10.6 Å². The van der Waals surface area contributed by atoms with Gasteiger partial charge in [-0.25, -0.2) is 17.6 Å². The Kier molecular flexibility index (Phi) is 6.87. The molecule has 0 radical (unpaired) electrons. The van der Waals surface area contributed by atoms with Crippen LogP contribution in [0.3, 0.4) is 0 Å². The van der Waals surface area contributed by atoms with Gasteiger partial charge in [0.2, 0.25) is 10.0 Å². The summed E-state index contributed by atoms with van der Waals surface area (Å²) >= 11 is 0. The standard InChI is InChI=1S/C22H30FN5O3S/c1-5-32(30,31)27-12-11-26(15-22(27,3)4)14-17-7-6-8-19(20(17)23)28(21(24)29)18-10-9-16(2)25-13-18/h6-10,13H,5,11-12,14-15H2,1-4H3,(H2,24,29). The zero-order valence-corrected chi connectivity index (χ0v) is 19.7. The zero-order valence-electron chi connectivity index (χ0n) is 18.9. The molecule has 1 saturated heterocycles. The third-order valence-corrected chi connectivity index (χ3v) is 7.75. The Labute approximate surface area is 188 Å².